The summed E-state index contributed by atoms with van der Waals surface area (Å²) in [6.45, 7) is 4.98. The van der Waals surface area contributed by atoms with Crippen LogP contribution in [0.1, 0.15) is 33.1 Å². The predicted molar refractivity (Wildman–Crippen MR) is 81.4 cm³/mol. The number of ether oxygens (including phenoxy) is 1. The maximum Gasteiger partial charge on any atom is 0.268 e. The zero-order chi connectivity index (χ0) is 15.2. The van der Waals surface area contributed by atoms with Crippen LogP contribution in [0.15, 0.2) is 24.3 Å². The lowest BCUT2D eigenvalue weighted by Gasteiger charge is -2.33. The zero-order valence-electron chi connectivity index (χ0n) is 12.6. The van der Waals surface area contributed by atoms with E-state index in [4.69, 9.17) is 4.74 Å². The van der Waals surface area contributed by atoms with Crippen molar-refractivity contribution >= 4 is 17.5 Å². The molecule has 5 nitrogen and oxygen atoms in total. The molecule has 1 heterocycles. The first kappa shape index (κ1) is 15.4. The van der Waals surface area contributed by atoms with Crippen LogP contribution in [0.25, 0.3) is 0 Å². The van der Waals surface area contributed by atoms with Gasteiger partial charge in [0, 0.05) is 19.5 Å². The van der Waals surface area contributed by atoms with E-state index < -0.39 is 6.10 Å². The molecular weight excluding hydrogens is 268 g/mol. The molecule has 0 aliphatic carbocycles. The van der Waals surface area contributed by atoms with Gasteiger partial charge in [-0.25, -0.2) is 0 Å². The number of fused-ring (bicyclic) bond motifs is 1. The Kier molecular flexibility index (Phi) is 5.20. The first-order valence-corrected chi connectivity index (χ1v) is 7.51. The lowest BCUT2D eigenvalue weighted by molar-refractivity contribution is -0.126. The van der Waals surface area contributed by atoms with E-state index >= 15 is 0 Å². The van der Waals surface area contributed by atoms with Gasteiger partial charge in [0.15, 0.2) is 6.10 Å². The first-order valence-electron chi connectivity index (χ1n) is 7.51. The van der Waals surface area contributed by atoms with Gasteiger partial charge in [0.2, 0.25) is 5.91 Å². The molecule has 2 amide bonds. The fourth-order valence-electron chi connectivity index (χ4n) is 2.33. The van der Waals surface area contributed by atoms with Crippen LogP contribution in [0.3, 0.4) is 0 Å². The summed E-state index contributed by atoms with van der Waals surface area (Å²) < 4.78 is 5.70. The number of rotatable bonds is 6. The van der Waals surface area contributed by atoms with Gasteiger partial charge in [0.1, 0.15) is 5.75 Å². The molecule has 0 spiro atoms. The third-order valence-electron chi connectivity index (χ3n) is 3.47. The van der Waals surface area contributed by atoms with Gasteiger partial charge in [0.05, 0.1) is 5.69 Å². The lowest BCUT2D eigenvalue weighted by atomic mass is 10.1. The van der Waals surface area contributed by atoms with E-state index in [1.54, 1.807) is 4.90 Å². The maximum atomic E-state index is 12.4. The molecule has 0 fully saturated rings. The van der Waals surface area contributed by atoms with Crippen LogP contribution in [0.2, 0.25) is 0 Å². The van der Waals surface area contributed by atoms with Crippen molar-refractivity contribution in [1.82, 2.24) is 5.32 Å². The Labute approximate surface area is 125 Å². The second-order valence-electron chi connectivity index (χ2n) is 5.07. The summed E-state index contributed by atoms with van der Waals surface area (Å²) in [7, 11) is 0. The van der Waals surface area contributed by atoms with Gasteiger partial charge in [-0.3, -0.25) is 9.59 Å². The topological polar surface area (TPSA) is 58.6 Å². The molecule has 0 saturated heterocycles. The number of nitrogens with one attached hydrogen (secondary N) is 1. The van der Waals surface area contributed by atoms with Crippen LogP contribution in [-0.2, 0) is 9.59 Å². The Morgan fingerprint density at radius 3 is 2.81 bits per heavy atom. The van der Waals surface area contributed by atoms with Gasteiger partial charge in [-0.15, -0.1) is 0 Å². The minimum absolute atomic E-state index is 0.0262. The molecule has 2 rings (SSSR count). The predicted octanol–water partition coefficient (Wildman–Crippen LogP) is 2.11. The highest BCUT2D eigenvalue weighted by Gasteiger charge is 2.32. The summed E-state index contributed by atoms with van der Waals surface area (Å²) in [5.41, 5.74) is 0.746. The molecule has 0 saturated carbocycles. The second kappa shape index (κ2) is 7.11. The number of hydrogen-bond acceptors (Lipinski definition) is 3. The van der Waals surface area contributed by atoms with Crippen molar-refractivity contribution in [2.24, 2.45) is 0 Å². The fourth-order valence-corrected chi connectivity index (χ4v) is 2.33. The van der Waals surface area contributed by atoms with Crippen molar-refractivity contribution < 1.29 is 14.3 Å². The number of amides is 2. The molecule has 0 bridgehead atoms. The smallest absolute Gasteiger partial charge is 0.268 e. The summed E-state index contributed by atoms with van der Waals surface area (Å²) >= 11 is 0. The maximum absolute atomic E-state index is 12.4. The number of carbonyl (C=O) groups excluding carboxylic acids is 2. The molecule has 5 heteroatoms. The molecule has 1 aromatic rings. The molecular formula is C16H22N2O3. The normalized spacial score (nSPS) is 17.1. The largest absolute Gasteiger partial charge is 0.478 e. The van der Waals surface area contributed by atoms with Gasteiger partial charge in [-0.1, -0.05) is 26.0 Å². The van der Waals surface area contributed by atoms with Crippen LogP contribution >= 0.6 is 0 Å². The Hall–Kier alpha value is -2.04. The Morgan fingerprint density at radius 1 is 1.33 bits per heavy atom. The van der Waals surface area contributed by atoms with E-state index in [0.717, 1.165) is 12.1 Å². The Morgan fingerprint density at radius 2 is 2.10 bits per heavy atom. The third kappa shape index (κ3) is 3.54. The quantitative estimate of drug-likeness (QED) is 0.873. The highest BCUT2D eigenvalue weighted by Crippen LogP contribution is 2.34. The van der Waals surface area contributed by atoms with Crippen molar-refractivity contribution in [3.05, 3.63) is 24.3 Å². The molecule has 1 aliphatic heterocycles. The molecule has 1 N–H and O–H groups in total. The Bertz CT molecular complexity index is 516. The van der Waals surface area contributed by atoms with E-state index in [-0.39, 0.29) is 11.8 Å². The number of anilines is 1. The van der Waals surface area contributed by atoms with E-state index in [2.05, 4.69) is 5.32 Å². The van der Waals surface area contributed by atoms with Gasteiger partial charge >= 0.3 is 0 Å². The lowest BCUT2D eigenvalue weighted by Crippen LogP contribution is -2.46. The monoisotopic (exact) mass is 290 g/mol. The van der Waals surface area contributed by atoms with Crippen molar-refractivity contribution in [1.29, 1.82) is 0 Å². The summed E-state index contributed by atoms with van der Waals surface area (Å²) in [4.78, 5) is 25.8. The average Bonchev–Trinajstić information content (AvgIpc) is 2.51. The van der Waals surface area contributed by atoms with Crippen molar-refractivity contribution in [2.45, 2.75) is 39.2 Å². The van der Waals surface area contributed by atoms with Crippen LogP contribution in [0.4, 0.5) is 5.69 Å². The average molecular weight is 290 g/mol. The van der Waals surface area contributed by atoms with E-state index in [0.29, 0.717) is 31.7 Å². The molecule has 1 aromatic carbocycles. The molecule has 1 aliphatic rings. The highest BCUT2D eigenvalue weighted by atomic mass is 16.5. The highest BCUT2D eigenvalue weighted by molar-refractivity contribution is 6.00. The standard InChI is InChI=1S/C16H22N2O3/c1-3-10-17-15(19)9-11-18-12-7-5-6-8-14(12)21-13(4-2)16(18)20/h5-8,13H,3-4,9-11H2,1-2H3,(H,17,19). The second-order valence-corrected chi connectivity index (χ2v) is 5.07. The van der Waals surface area contributed by atoms with Crippen molar-refractivity contribution in [2.75, 3.05) is 18.0 Å². The van der Waals surface area contributed by atoms with Gasteiger partial charge in [0.25, 0.3) is 5.91 Å². The number of para-hydroxylation sites is 2. The molecule has 114 valence electrons. The minimum Gasteiger partial charge on any atom is -0.478 e. The Balaban J connectivity index is 2.09. The fraction of sp³-hybridized carbons (Fsp3) is 0.500. The molecule has 1 unspecified atom stereocenters. The van der Waals surface area contributed by atoms with Gasteiger partial charge in [-0.05, 0) is 25.0 Å². The van der Waals surface area contributed by atoms with Crippen LogP contribution in [0, 0.1) is 0 Å². The van der Waals surface area contributed by atoms with Crippen molar-refractivity contribution in [3.63, 3.8) is 0 Å². The zero-order valence-corrected chi connectivity index (χ0v) is 12.6. The van der Waals surface area contributed by atoms with Gasteiger partial charge < -0.3 is 15.0 Å². The minimum atomic E-state index is -0.460. The van der Waals surface area contributed by atoms with Crippen LogP contribution in [-0.4, -0.2) is 31.0 Å². The van der Waals surface area contributed by atoms with E-state index in [9.17, 15) is 9.59 Å². The number of hydrogen-bond donors (Lipinski definition) is 1. The van der Waals surface area contributed by atoms with Crippen LogP contribution in [0.5, 0.6) is 5.75 Å². The number of benzene rings is 1. The summed E-state index contributed by atoms with van der Waals surface area (Å²) in [5.74, 6) is 0.610. The molecule has 1 atom stereocenters. The van der Waals surface area contributed by atoms with Gasteiger partial charge in [-0.2, -0.15) is 0 Å². The summed E-state index contributed by atoms with van der Waals surface area (Å²) in [5, 5.41) is 2.83. The summed E-state index contributed by atoms with van der Waals surface area (Å²) in [6.07, 6.45) is 1.36. The number of carbonyl (C=O) groups is 2. The number of nitrogens with zero attached hydrogens (tertiary/aromatic N) is 1. The molecule has 0 radical (unpaired) electrons. The molecule has 21 heavy (non-hydrogen) atoms. The van der Waals surface area contributed by atoms with Crippen LogP contribution < -0.4 is 15.0 Å². The SMILES string of the molecule is CCCNC(=O)CCN1C(=O)C(CC)Oc2ccccc21. The van der Waals surface area contributed by atoms with E-state index in [1.165, 1.54) is 0 Å². The van der Waals surface area contributed by atoms with Crippen molar-refractivity contribution in [3.8, 4) is 5.75 Å². The first-order chi connectivity index (χ1) is 10.2. The molecule has 0 aromatic heterocycles. The third-order valence-corrected chi connectivity index (χ3v) is 3.47. The summed E-state index contributed by atoms with van der Waals surface area (Å²) in [6, 6.07) is 7.46. The van der Waals surface area contributed by atoms with E-state index in [1.807, 2.05) is 38.1 Å².